The second-order valence-corrected chi connectivity index (χ2v) is 10.1. The van der Waals surface area contributed by atoms with Gasteiger partial charge in [-0.3, -0.25) is 0 Å². The lowest BCUT2D eigenvalue weighted by Gasteiger charge is -2.36. The third kappa shape index (κ3) is 4.79. The van der Waals surface area contributed by atoms with E-state index in [0.717, 1.165) is 43.1 Å². The number of piperidine rings is 1. The van der Waals surface area contributed by atoms with Crippen molar-refractivity contribution in [2.24, 2.45) is 0 Å². The third-order valence-corrected chi connectivity index (χ3v) is 7.72. The number of nitrogen functional groups attached to an aromatic ring is 1. The molecular formula is C26H31N7O3S. The summed E-state index contributed by atoms with van der Waals surface area (Å²) in [6.07, 6.45) is 4.17. The minimum Gasteiger partial charge on any atom is -0.494 e. The Morgan fingerprint density at radius 2 is 1.95 bits per heavy atom. The molecule has 0 atom stereocenters. The van der Waals surface area contributed by atoms with Crippen molar-refractivity contribution in [1.82, 2.24) is 19.4 Å². The summed E-state index contributed by atoms with van der Waals surface area (Å²) >= 11 is 1.29. The number of fused-ring (bicyclic) bond motifs is 1. The molecule has 37 heavy (non-hydrogen) atoms. The number of thiophene rings is 1. The van der Waals surface area contributed by atoms with Gasteiger partial charge < -0.3 is 34.9 Å². The predicted molar refractivity (Wildman–Crippen MR) is 148 cm³/mol. The Morgan fingerprint density at radius 3 is 2.65 bits per heavy atom. The number of nitrogens with zero attached hydrogens (tertiary/aromatic N) is 5. The zero-order chi connectivity index (χ0) is 26.1. The number of anilines is 4. The molecule has 1 aliphatic rings. The second-order valence-electron chi connectivity index (χ2n) is 9.17. The zero-order valence-corrected chi connectivity index (χ0v) is 22.2. The first-order valence-electron chi connectivity index (χ1n) is 12.1. The largest absolute Gasteiger partial charge is 0.494 e. The fraction of sp³-hybridized carbons (Fsp3) is 0.346. The number of hydrogen-bond acceptors (Lipinski definition) is 10. The number of aromatic nitrogens is 3. The van der Waals surface area contributed by atoms with Crippen molar-refractivity contribution in [2.75, 3.05) is 57.4 Å². The molecule has 5 rings (SSSR count). The molecule has 0 saturated carbocycles. The molecule has 3 aromatic heterocycles. The van der Waals surface area contributed by atoms with Crippen LogP contribution in [-0.2, 0) is 4.74 Å². The fourth-order valence-corrected chi connectivity index (χ4v) is 5.61. The summed E-state index contributed by atoms with van der Waals surface area (Å²) in [5.41, 5.74) is 9.97. The Morgan fingerprint density at radius 1 is 1.16 bits per heavy atom. The highest BCUT2D eigenvalue weighted by atomic mass is 32.1. The van der Waals surface area contributed by atoms with E-state index >= 15 is 0 Å². The van der Waals surface area contributed by atoms with Gasteiger partial charge in [-0.2, -0.15) is 4.98 Å². The number of carbonyl (C=O) groups is 1. The molecule has 0 unspecified atom stereocenters. The average Bonchev–Trinajstić information content (AvgIpc) is 3.55. The minimum absolute atomic E-state index is 0.131. The van der Waals surface area contributed by atoms with E-state index in [-0.39, 0.29) is 5.95 Å². The van der Waals surface area contributed by atoms with Crippen LogP contribution in [0.2, 0.25) is 0 Å². The van der Waals surface area contributed by atoms with Gasteiger partial charge in [-0.15, -0.1) is 11.3 Å². The zero-order valence-electron chi connectivity index (χ0n) is 21.4. The van der Waals surface area contributed by atoms with E-state index in [4.69, 9.17) is 15.2 Å². The van der Waals surface area contributed by atoms with Crippen molar-refractivity contribution >= 4 is 51.5 Å². The molecule has 0 aliphatic carbocycles. The number of benzene rings is 1. The van der Waals surface area contributed by atoms with Crippen LogP contribution in [0.15, 0.2) is 41.9 Å². The van der Waals surface area contributed by atoms with Crippen molar-refractivity contribution < 1.29 is 14.3 Å². The Kier molecular flexibility index (Phi) is 6.90. The smallest absolute Gasteiger partial charge is 0.350 e. The van der Waals surface area contributed by atoms with Gasteiger partial charge in [0.05, 0.1) is 31.1 Å². The molecule has 3 N–H and O–H groups in total. The van der Waals surface area contributed by atoms with Gasteiger partial charge in [-0.25, -0.2) is 9.78 Å². The van der Waals surface area contributed by atoms with Gasteiger partial charge in [-0.05, 0) is 56.6 Å². The second kappa shape index (κ2) is 10.3. The van der Waals surface area contributed by atoms with Crippen molar-refractivity contribution in [3.8, 4) is 11.4 Å². The van der Waals surface area contributed by atoms with E-state index in [9.17, 15) is 4.79 Å². The first-order valence-corrected chi connectivity index (χ1v) is 12.9. The summed E-state index contributed by atoms with van der Waals surface area (Å²) in [4.78, 5) is 26.3. The number of esters is 1. The molecule has 11 heteroatoms. The summed E-state index contributed by atoms with van der Waals surface area (Å²) in [6, 6.07) is 10.6. The van der Waals surface area contributed by atoms with Crippen molar-refractivity contribution in [2.45, 2.75) is 18.9 Å². The van der Waals surface area contributed by atoms with Crippen LogP contribution >= 0.6 is 11.3 Å². The Labute approximate surface area is 219 Å². The molecule has 0 amide bonds. The number of methoxy groups -OCH3 is 2. The first-order chi connectivity index (χ1) is 17.9. The van der Waals surface area contributed by atoms with E-state index in [1.807, 2.05) is 28.3 Å². The maximum atomic E-state index is 12.2. The van der Waals surface area contributed by atoms with Crippen molar-refractivity contribution in [1.29, 1.82) is 0 Å². The Bertz CT molecular complexity index is 1420. The molecule has 194 valence electrons. The summed E-state index contributed by atoms with van der Waals surface area (Å²) in [5.74, 6) is 0.926. The number of ether oxygens (including phenoxy) is 2. The van der Waals surface area contributed by atoms with Crippen LogP contribution in [0.3, 0.4) is 0 Å². The highest BCUT2D eigenvalue weighted by Crippen LogP contribution is 2.36. The number of nitrogens with one attached hydrogen (secondary N) is 1. The Hall–Kier alpha value is -3.83. The molecule has 0 spiro atoms. The lowest BCUT2D eigenvalue weighted by atomic mass is 10.0. The molecule has 0 bridgehead atoms. The molecule has 1 aliphatic heterocycles. The topological polar surface area (TPSA) is 111 Å². The van der Waals surface area contributed by atoms with E-state index < -0.39 is 5.97 Å². The molecule has 10 nitrogen and oxygen atoms in total. The normalized spacial score (nSPS) is 14.4. The van der Waals surface area contributed by atoms with Gasteiger partial charge in [0.15, 0.2) is 5.82 Å². The highest BCUT2D eigenvalue weighted by molar-refractivity contribution is 7.12. The highest BCUT2D eigenvalue weighted by Gasteiger charge is 2.23. The van der Waals surface area contributed by atoms with E-state index in [1.165, 1.54) is 18.4 Å². The standard InChI is InChI=1S/C26H31N7O3S/c1-31(2)16-7-11-32(12-8-16)17-5-6-20(21(15-17)35-3)33-13-9-18-22(33)24(30-26(27)29-18)28-19-10-14-37-23(19)25(34)36-4/h5-6,9-10,13-16H,7-8,11-12H2,1-4H3,(H3,27,28,29,30). The van der Waals surface area contributed by atoms with Gasteiger partial charge in [0.1, 0.15) is 16.1 Å². The minimum atomic E-state index is -0.418. The van der Waals surface area contributed by atoms with Crippen molar-refractivity contribution in [3.63, 3.8) is 0 Å². The van der Waals surface area contributed by atoms with Crippen molar-refractivity contribution in [3.05, 3.63) is 46.8 Å². The number of rotatable bonds is 7. The molecule has 1 aromatic carbocycles. The van der Waals surface area contributed by atoms with Gasteiger partial charge in [0.25, 0.3) is 0 Å². The van der Waals surface area contributed by atoms with Crippen LogP contribution in [-0.4, -0.2) is 72.9 Å². The molecule has 4 heterocycles. The van der Waals surface area contributed by atoms with Crippen LogP contribution in [0.5, 0.6) is 5.75 Å². The van der Waals surface area contributed by atoms with Crippen LogP contribution in [0, 0.1) is 0 Å². The molecule has 0 radical (unpaired) electrons. The van der Waals surface area contributed by atoms with E-state index in [0.29, 0.717) is 33.5 Å². The Balaban J connectivity index is 1.52. The van der Waals surface area contributed by atoms with Gasteiger partial charge >= 0.3 is 5.97 Å². The molecule has 4 aromatic rings. The van der Waals surface area contributed by atoms with Gasteiger partial charge in [0.2, 0.25) is 5.95 Å². The average molecular weight is 522 g/mol. The predicted octanol–water partition coefficient (Wildman–Crippen LogP) is 4.13. The molecule has 1 saturated heterocycles. The molecule has 1 fully saturated rings. The first kappa shape index (κ1) is 24.8. The fourth-order valence-electron chi connectivity index (χ4n) is 4.84. The lowest BCUT2D eigenvalue weighted by molar-refractivity contribution is 0.0607. The maximum absolute atomic E-state index is 12.2. The lowest BCUT2D eigenvalue weighted by Crippen LogP contribution is -2.41. The van der Waals surface area contributed by atoms with E-state index in [1.54, 1.807) is 7.11 Å². The number of hydrogen-bond donors (Lipinski definition) is 2. The van der Waals surface area contributed by atoms with E-state index in [2.05, 4.69) is 57.4 Å². The monoisotopic (exact) mass is 521 g/mol. The van der Waals surface area contributed by atoms with Gasteiger partial charge in [0, 0.05) is 37.1 Å². The summed E-state index contributed by atoms with van der Waals surface area (Å²) in [6.45, 7) is 2.00. The summed E-state index contributed by atoms with van der Waals surface area (Å²) in [7, 11) is 7.33. The molecular weight excluding hydrogens is 490 g/mol. The summed E-state index contributed by atoms with van der Waals surface area (Å²) in [5, 5.41) is 5.08. The SMILES string of the molecule is COC(=O)c1sccc1Nc1nc(N)nc2ccn(-c3ccc(N4CCC(N(C)C)CC4)cc3OC)c12. The van der Waals surface area contributed by atoms with Crippen LogP contribution in [0.1, 0.15) is 22.5 Å². The van der Waals surface area contributed by atoms with Crippen LogP contribution < -0.4 is 20.7 Å². The maximum Gasteiger partial charge on any atom is 0.350 e. The van der Waals surface area contributed by atoms with Gasteiger partial charge in [-0.1, -0.05) is 0 Å². The van der Waals surface area contributed by atoms with Crippen LogP contribution in [0.4, 0.5) is 23.1 Å². The number of carbonyl (C=O) groups excluding carboxylic acids is 1. The summed E-state index contributed by atoms with van der Waals surface area (Å²) < 4.78 is 12.7. The number of nitrogens with two attached hydrogens (primary N) is 1. The quantitative estimate of drug-likeness (QED) is 0.347. The third-order valence-electron chi connectivity index (χ3n) is 6.82. The van der Waals surface area contributed by atoms with Crippen LogP contribution in [0.25, 0.3) is 16.7 Å².